The van der Waals surface area contributed by atoms with Crippen LogP contribution in [0.3, 0.4) is 0 Å². The van der Waals surface area contributed by atoms with Crippen molar-refractivity contribution in [3.63, 3.8) is 0 Å². The molecule has 8 nitrogen and oxygen atoms in total. The molecule has 8 heteroatoms. The van der Waals surface area contributed by atoms with Crippen molar-refractivity contribution in [2.45, 2.75) is 6.10 Å². The highest BCUT2D eigenvalue weighted by Crippen LogP contribution is 1.92. The standard InChI is InChI=1S/C9H17N3O5/c1-16-7(8(13)14)6-10-9(15)11-12-2-4-17-5-3-12/h7H,2-6H2,1H3,(H,13,14)(H2,10,11,15). The number of urea groups is 1. The van der Waals surface area contributed by atoms with Crippen molar-refractivity contribution < 1.29 is 24.2 Å². The number of carbonyl (C=O) groups excluding carboxylic acids is 1. The minimum absolute atomic E-state index is 0.0813. The van der Waals surface area contributed by atoms with E-state index in [4.69, 9.17) is 9.84 Å². The number of methoxy groups -OCH3 is 1. The van der Waals surface area contributed by atoms with Gasteiger partial charge in [0.15, 0.2) is 6.10 Å². The van der Waals surface area contributed by atoms with Crippen molar-refractivity contribution in [2.75, 3.05) is 40.0 Å². The Morgan fingerprint density at radius 2 is 2.12 bits per heavy atom. The maximum absolute atomic E-state index is 11.4. The van der Waals surface area contributed by atoms with Crippen molar-refractivity contribution in [3.05, 3.63) is 0 Å². The molecule has 1 heterocycles. The molecule has 0 aromatic carbocycles. The number of nitrogens with one attached hydrogen (secondary N) is 2. The van der Waals surface area contributed by atoms with E-state index in [2.05, 4.69) is 15.5 Å². The van der Waals surface area contributed by atoms with Crippen LogP contribution in [-0.4, -0.2) is 68.2 Å². The topological polar surface area (TPSA) is 100 Å². The molecule has 0 aromatic rings. The number of morpholine rings is 1. The zero-order valence-corrected chi connectivity index (χ0v) is 9.64. The van der Waals surface area contributed by atoms with Crippen molar-refractivity contribution in [1.29, 1.82) is 0 Å². The largest absolute Gasteiger partial charge is 0.479 e. The fraction of sp³-hybridized carbons (Fsp3) is 0.778. The molecule has 0 aliphatic carbocycles. The van der Waals surface area contributed by atoms with Crippen LogP contribution in [0.2, 0.25) is 0 Å². The Hall–Kier alpha value is -1.38. The molecule has 98 valence electrons. The number of carbonyl (C=O) groups is 2. The Bertz CT molecular complexity index is 267. The van der Waals surface area contributed by atoms with Gasteiger partial charge in [-0.1, -0.05) is 0 Å². The van der Waals surface area contributed by atoms with E-state index in [0.29, 0.717) is 26.3 Å². The number of carboxylic acid groups (broad SMARTS) is 1. The molecule has 1 unspecified atom stereocenters. The van der Waals surface area contributed by atoms with Gasteiger partial charge in [0.2, 0.25) is 0 Å². The fourth-order valence-electron chi connectivity index (χ4n) is 1.32. The molecule has 0 bridgehead atoms. The molecule has 1 saturated heterocycles. The summed E-state index contributed by atoms with van der Waals surface area (Å²) in [5.41, 5.74) is 2.59. The lowest BCUT2D eigenvalue weighted by molar-refractivity contribution is -0.148. The zero-order valence-electron chi connectivity index (χ0n) is 9.64. The Kier molecular flexibility index (Phi) is 5.67. The summed E-state index contributed by atoms with van der Waals surface area (Å²) in [6, 6.07) is -0.449. The van der Waals surface area contributed by atoms with Gasteiger partial charge in [0.1, 0.15) is 0 Å². The van der Waals surface area contributed by atoms with Crippen molar-refractivity contribution in [2.24, 2.45) is 0 Å². The van der Waals surface area contributed by atoms with E-state index in [-0.39, 0.29) is 6.54 Å². The lowest BCUT2D eigenvalue weighted by Crippen LogP contribution is -2.53. The predicted molar refractivity (Wildman–Crippen MR) is 57.4 cm³/mol. The average Bonchev–Trinajstić information content (AvgIpc) is 2.30. The Labute approximate surface area is 98.8 Å². The van der Waals surface area contributed by atoms with Gasteiger partial charge in [0, 0.05) is 20.2 Å². The normalized spacial score (nSPS) is 18.4. The molecule has 1 aliphatic rings. The first-order valence-corrected chi connectivity index (χ1v) is 5.26. The predicted octanol–water partition coefficient (Wildman–Crippen LogP) is -1.37. The maximum atomic E-state index is 11.4. The number of ether oxygens (including phenoxy) is 2. The minimum Gasteiger partial charge on any atom is -0.479 e. The second-order valence-corrected chi connectivity index (χ2v) is 3.48. The number of carboxylic acids is 1. The summed E-state index contributed by atoms with van der Waals surface area (Å²) >= 11 is 0. The second kappa shape index (κ2) is 7.05. The van der Waals surface area contributed by atoms with Gasteiger partial charge in [-0.2, -0.15) is 0 Å². The van der Waals surface area contributed by atoms with E-state index in [1.807, 2.05) is 0 Å². The lowest BCUT2D eigenvalue weighted by atomic mass is 10.3. The molecular weight excluding hydrogens is 230 g/mol. The van der Waals surface area contributed by atoms with Crippen LogP contribution in [0.5, 0.6) is 0 Å². The highest BCUT2D eigenvalue weighted by atomic mass is 16.5. The Morgan fingerprint density at radius 1 is 1.47 bits per heavy atom. The SMILES string of the molecule is COC(CNC(=O)NN1CCOCC1)C(=O)O. The molecule has 1 fully saturated rings. The van der Waals surface area contributed by atoms with Crippen molar-refractivity contribution in [3.8, 4) is 0 Å². The van der Waals surface area contributed by atoms with Crippen molar-refractivity contribution in [1.82, 2.24) is 15.8 Å². The molecule has 0 spiro atoms. The Balaban J connectivity index is 2.21. The van der Waals surface area contributed by atoms with E-state index in [1.165, 1.54) is 7.11 Å². The molecule has 3 N–H and O–H groups in total. The zero-order chi connectivity index (χ0) is 12.7. The van der Waals surface area contributed by atoms with Crippen LogP contribution >= 0.6 is 0 Å². The van der Waals surface area contributed by atoms with E-state index < -0.39 is 18.1 Å². The number of aliphatic carboxylic acids is 1. The molecule has 0 aromatic heterocycles. The third-order valence-corrected chi connectivity index (χ3v) is 2.28. The highest BCUT2D eigenvalue weighted by molar-refractivity contribution is 5.76. The lowest BCUT2D eigenvalue weighted by Gasteiger charge is -2.27. The number of hydrazine groups is 1. The summed E-state index contributed by atoms with van der Waals surface area (Å²) in [6.07, 6.45) is -1.04. The van der Waals surface area contributed by atoms with Gasteiger partial charge >= 0.3 is 12.0 Å². The van der Waals surface area contributed by atoms with Crippen LogP contribution in [-0.2, 0) is 14.3 Å². The molecule has 1 aliphatic heterocycles. The third-order valence-electron chi connectivity index (χ3n) is 2.28. The van der Waals surface area contributed by atoms with Gasteiger partial charge < -0.3 is 19.9 Å². The van der Waals surface area contributed by atoms with Crippen LogP contribution in [0.25, 0.3) is 0 Å². The average molecular weight is 247 g/mol. The number of nitrogens with zero attached hydrogens (tertiary/aromatic N) is 1. The second-order valence-electron chi connectivity index (χ2n) is 3.48. The summed E-state index contributed by atoms with van der Waals surface area (Å²) in [7, 11) is 1.28. The first-order valence-electron chi connectivity index (χ1n) is 5.26. The Morgan fingerprint density at radius 3 is 2.65 bits per heavy atom. The summed E-state index contributed by atoms with van der Waals surface area (Å²) in [5, 5.41) is 12.8. The fourth-order valence-corrected chi connectivity index (χ4v) is 1.32. The first-order chi connectivity index (χ1) is 8.13. The van der Waals surface area contributed by atoms with Crippen LogP contribution in [0.4, 0.5) is 4.79 Å². The molecule has 17 heavy (non-hydrogen) atoms. The molecule has 0 radical (unpaired) electrons. The number of hydrogen-bond donors (Lipinski definition) is 3. The molecular formula is C9H17N3O5. The maximum Gasteiger partial charge on any atom is 0.334 e. The number of rotatable bonds is 5. The van der Waals surface area contributed by atoms with E-state index in [0.717, 1.165) is 0 Å². The van der Waals surface area contributed by atoms with Gasteiger partial charge in [-0.25, -0.2) is 14.6 Å². The summed E-state index contributed by atoms with van der Waals surface area (Å²) in [5.74, 6) is -1.11. The molecule has 1 atom stereocenters. The number of amides is 2. The summed E-state index contributed by atoms with van der Waals surface area (Å²) in [4.78, 5) is 22.0. The van der Waals surface area contributed by atoms with E-state index in [1.54, 1.807) is 5.01 Å². The summed E-state index contributed by atoms with van der Waals surface area (Å²) < 4.78 is 9.79. The number of hydrogen-bond acceptors (Lipinski definition) is 5. The van der Waals surface area contributed by atoms with Gasteiger partial charge in [-0.05, 0) is 0 Å². The van der Waals surface area contributed by atoms with Crippen LogP contribution in [0.1, 0.15) is 0 Å². The van der Waals surface area contributed by atoms with Crippen LogP contribution in [0, 0.1) is 0 Å². The van der Waals surface area contributed by atoms with Gasteiger partial charge in [-0.15, -0.1) is 0 Å². The highest BCUT2D eigenvalue weighted by Gasteiger charge is 2.18. The van der Waals surface area contributed by atoms with Crippen LogP contribution < -0.4 is 10.7 Å². The van der Waals surface area contributed by atoms with E-state index in [9.17, 15) is 9.59 Å². The van der Waals surface area contributed by atoms with Crippen LogP contribution in [0.15, 0.2) is 0 Å². The smallest absolute Gasteiger partial charge is 0.334 e. The minimum atomic E-state index is -1.11. The third kappa shape index (κ3) is 4.98. The van der Waals surface area contributed by atoms with Gasteiger partial charge in [0.05, 0.1) is 19.8 Å². The quantitative estimate of drug-likeness (QED) is 0.554. The van der Waals surface area contributed by atoms with Gasteiger partial charge in [-0.3, -0.25) is 5.43 Å². The first kappa shape index (κ1) is 13.7. The van der Waals surface area contributed by atoms with Gasteiger partial charge in [0.25, 0.3) is 0 Å². The van der Waals surface area contributed by atoms with E-state index >= 15 is 0 Å². The summed E-state index contributed by atoms with van der Waals surface area (Å²) in [6.45, 7) is 2.27. The monoisotopic (exact) mass is 247 g/mol. The molecule has 2 amide bonds. The molecule has 1 rings (SSSR count). The molecule has 0 saturated carbocycles. The van der Waals surface area contributed by atoms with Crippen molar-refractivity contribution >= 4 is 12.0 Å².